The van der Waals surface area contributed by atoms with Crippen LogP contribution in [0.2, 0.25) is 0 Å². The SMILES string of the molecule is CCOC(=O)C=C1C2CC3CC1C2C3. The zero-order valence-corrected chi connectivity index (χ0v) is 8.53. The van der Waals surface area contributed by atoms with Crippen LogP contribution in [0, 0.1) is 23.7 Å². The van der Waals surface area contributed by atoms with Gasteiger partial charge in [-0.25, -0.2) is 4.79 Å². The summed E-state index contributed by atoms with van der Waals surface area (Å²) in [6.45, 7) is 2.35. The highest BCUT2D eigenvalue weighted by Crippen LogP contribution is 2.66. The van der Waals surface area contributed by atoms with Gasteiger partial charge in [0.25, 0.3) is 0 Å². The number of rotatable bonds is 2. The van der Waals surface area contributed by atoms with E-state index in [1.807, 2.05) is 6.92 Å². The molecule has 2 nitrogen and oxygen atoms in total. The average molecular weight is 192 g/mol. The Morgan fingerprint density at radius 2 is 2.14 bits per heavy atom. The molecule has 3 saturated carbocycles. The third-order valence-electron chi connectivity index (χ3n) is 4.24. The molecule has 0 aromatic carbocycles. The summed E-state index contributed by atoms with van der Waals surface area (Å²) in [5, 5.41) is 0. The smallest absolute Gasteiger partial charge is 0.330 e. The minimum atomic E-state index is -0.128. The maximum absolute atomic E-state index is 11.3. The highest BCUT2D eigenvalue weighted by atomic mass is 16.5. The Labute approximate surface area is 84.3 Å². The average Bonchev–Trinajstić information content (AvgIpc) is 2.70. The van der Waals surface area contributed by atoms with Gasteiger partial charge in [-0.2, -0.15) is 0 Å². The van der Waals surface area contributed by atoms with Gasteiger partial charge in [0.2, 0.25) is 0 Å². The van der Waals surface area contributed by atoms with Crippen LogP contribution in [-0.2, 0) is 9.53 Å². The van der Waals surface area contributed by atoms with Gasteiger partial charge in [-0.05, 0) is 49.9 Å². The van der Waals surface area contributed by atoms with Crippen molar-refractivity contribution in [1.82, 2.24) is 0 Å². The zero-order chi connectivity index (χ0) is 9.71. The molecule has 3 aliphatic carbocycles. The first kappa shape index (κ1) is 8.51. The predicted molar refractivity (Wildman–Crippen MR) is 52.5 cm³/mol. The van der Waals surface area contributed by atoms with Gasteiger partial charge in [-0.15, -0.1) is 0 Å². The first-order valence-electron chi connectivity index (χ1n) is 5.67. The van der Waals surface area contributed by atoms with Crippen LogP contribution >= 0.6 is 0 Å². The first-order valence-corrected chi connectivity index (χ1v) is 5.67. The van der Waals surface area contributed by atoms with Gasteiger partial charge in [-0.1, -0.05) is 5.57 Å². The van der Waals surface area contributed by atoms with Crippen LogP contribution in [0.3, 0.4) is 0 Å². The lowest BCUT2D eigenvalue weighted by atomic mass is 9.60. The molecule has 2 heteroatoms. The van der Waals surface area contributed by atoms with Crippen LogP contribution in [0.5, 0.6) is 0 Å². The van der Waals surface area contributed by atoms with Crippen LogP contribution in [0.25, 0.3) is 0 Å². The molecule has 0 aliphatic heterocycles. The molecule has 0 aromatic heterocycles. The molecule has 3 fully saturated rings. The molecule has 2 unspecified atom stereocenters. The van der Waals surface area contributed by atoms with Crippen LogP contribution in [0.4, 0.5) is 0 Å². The van der Waals surface area contributed by atoms with Crippen molar-refractivity contribution in [2.75, 3.05) is 6.61 Å². The van der Waals surface area contributed by atoms with Crippen molar-refractivity contribution in [3.05, 3.63) is 11.6 Å². The number of hydrogen-bond donors (Lipinski definition) is 0. The Bertz CT molecular complexity index is 289. The van der Waals surface area contributed by atoms with Gasteiger partial charge >= 0.3 is 5.97 Å². The summed E-state index contributed by atoms with van der Waals surface area (Å²) in [5.41, 5.74) is 1.40. The molecular weight excluding hydrogens is 176 g/mol. The van der Waals surface area contributed by atoms with Crippen molar-refractivity contribution in [3.8, 4) is 0 Å². The molecule has 14 heavy (non-hydrogen) atoms. The molecule has 0 aromatic rings. The molecule has 0 saturated heterocycles. The molecule has 2 atom stereocenters. The van der Waals surface area contributed by atoms with E-state index in [0.717, 1.165) is 23.7 Å². The van der Waals surface area contributed by atoms with E-state index in [-0.39, 0.29) is 5.97 Å². The van der Waals surface area contributed by atoms with E-state index >= 15 is 0 Å². The Morgan fingerprint density at radius 1 is 1.43 bits per heavy atom. The number of ether oxygens (including phenoxy) is 1. The predicted octanol–water partition coefficient (Wildman–Crippen LogP) is 2.15. The van der Waals surface area contributed by atoms with Gasteiger partial charge in [0.15, 0.2) is 0 Å². The number of hydrogen-bond acceptors (Lipinski definition) is 2. The van der Waals surface area contributed by atoms with Crippen molar-refractivity contribution in [2.45, 2.75) is 26.2 Å². The standard InChI is InChI=1S/C12H16O2/c1-2-14-12(13)6-11-9-4-7-3-8(9)10(11)5-7/h6-10H,2-5H2,1H3. The van der Waals surface area contributed by atoms with Crippen molar-refractivity contribution in [2.24, 2.45) is 23.7 Å². The first-order chi connectivity index (χ1) is 6.79. The van der Waals surface area contributed by atoms with Crippen LogP contribution < -0.4 is 0 Å². The lowest BCUT2D eigenvalue weighted by molar-refractivity contribution is -0.137. The summed E-state index contributed by atoms with van der Waals surface area (Å²) in [7, 11) is 0. The molecule has 0 amide bonds. The number of carbonyl (C=O) groups is 1. The summed E-state index contributed by atoms with van der Waals surface area (Å²) in [5.74, 6) is 3.29. The summed E-state index contributed by atoms with van der Waals surface area (Å²) in [6.07, 6.45) is 5.88. The lowest BCUT2D eigenvalue weighted by Crippen LogP contribution is -2.37. The maximum Gasteiger partial charge on any atom is 0.330 e. The van der Waals surface area contributed by atoms with E-state index in [9.17, 15) is 4.79 Å². The van der Waals surface area contributed by atoms with Crippen LogP contribution in [-0.4, -0.2) is 12.6 Å². The van der Waals surface area contributed by atoms with Gasteiger partial charge in [-0.3, -0.25) is 0 Å². The molecule has 0 spiro atoms. The highest BCUT2D eigenvalue weighted by molar-refractivity contribution is 5.83. The summed E-state index contributed by atoms with van der Waals surface area (Å²) >= 11 is 0. The summed E-state index contributed by atoms with van der Waals surface area (Å²) in [6, 6.07) is 0. The largest absolute Gasteiger partial charge is 0.463 e. The molecule has 2 bridgehead atoms. The maximum atomic E-state index is 11.3. The second-order valence-corrected chi connectivity index (χ2v) is 4.85. The number of carbonyl (C=O) groups excluding carboxylic acids is 1. The fourth-order valence-electron chi connectivity index (χ4n) is 3.81. The molecule has 0 N–H and O–H groups in total. The molecular formula is C12H16O2. The fourth-order valence-corrected chi connectivity index (χ4v) is 3.81. The quantitative estimate of drug-likeness (QED) is 0.495. The van der Waals surface area contributed by atoms with E-state index in [1.165, 1.54) is 24.8 Å². The fraction of sp³-hybridized carbons (Fsp3) is 0.750. The van der Waals surface area contributed by atoms with Gasteiger partial charge in [0.05, 0.1) is 6.61 Å². The van der Waals surface area contributed by atoms with Crippen LogP contribution in [0.1, 0.15) is 26.2 Å². The van der Waals surface area contributed by atoms with Gasteiger partial charge in [0.1, 0.15) is 0 Å². The summed E-state index contributed by atoms with van der Waals surface area (Å²) < 4.78 is 4.95. The highest BCUT2D eigenvalue weighted by Gasteiger charge is 2.57. The molecule has 76 valence electrons. The van der Waals surface area contributed by atoms with Crippen molar-refractivity contribution in [3.63, 3.8) is 0 Å². The van der Waals surface area contributed by atoms with Crippen molar-refractivity contribution >= 4 is 5.97 Å². The third-order valence-corrected chi connectivity index (χ3v) is 4.24. The topological polar surface area (TPSA) is 26.3 Å². The zero-order valence-electron chi connectivity index (χ0n) is 8.53. The van der Waals surface area contributed by atoms with Gasteiger partial charge < -0.3 is 4.74 Å². The van der Waals surface area contributed by atoms with E-state index < -0.39 is 0 Å². The Kier molecular flexibility index (Phi) is 1.73. The third kappa shape index (κ3) is 0.999. The van der Waals surface area contributed by atoms with E-state index in [4.69, 9.17) is 4.74 Å². The molecule has 0 heterocycles. The molecule has 3 aliphatic rings. The normalized spacial score (nSPS) is 42.2. The molecule has 0 radical (unpaired) electrons. The molecule has 3 rings (SSSR count). The van der Waals surface area contributed by atoms with Crippen molar-refractivity contribution in [1.29, 1.82) is 0 Å². The number of allylic oxidation sites excluding steroid dienone is 1. The Morgan fingerprint density at radius 3 is 2.64 bits per heavy atom. The minimum Gasteiger partial charge on any atom is -0.463 e. The Balaban J connectivity index is 1.73. The van der Waals surface area contributed by atoms with Gasteiger partial charge in [0, 0.05) is 6.08 Å². The second kappa shape index (κ2) is 2.85. The minimum absolute atomic E-state index is 0.128. The lowest BCUT2D eigenvalue weighted by Gasteiger charge is -2.45. The monoisotopic (exact) mass is 192 g/mol. The van der Waals surface area contributed by atoms with Crippen LogP contribution in [0.15, 0.2) is 11.6 Å². The van der Waals surface area contributed by atoms with E-state index in [0.29, 0.717) is 6.61 Å². The second-order valence-electron chi connectivity index (χ2n) is 4.85. The number of fused-ring (bicyclic) bond motifs is 1. The van der Waals surface area contributed by atoms with Crippen molar-refractivity contribution < 1.29 is 9.53 Å². The summed E-state index contributed by atoms with van der Waals surface area (Å²) in [4.78, 5) is 11.3. The van der Waals surface area contributed by atoms with E-state index in [2.05, 4.69) is 0 Å². The van der Waals surface area contributed by atoms with E-state index in [1.54, 1.807) is 6.08 Å². The Hall–Kier alpha value is -0.790. The number of esters is 1.